The zero-order chi connectivity index (χ0) is 20.4. The summed E-state index contributed by atoms with van der Waals surface area (Å²) >= 11 is 1.72. The van der Waals surface area contributed by atoms with Crippen molar-refractivity contribution in [3.63, 3.8) is 0 Å². The smallest absolute Gasteiger partial charge is 0.182 e. The normalized spacial score (nSPS) is 23.5. The molecule has 2 unspecified atom stereocenters. The predicted molar refractivity (Wildman–Crippen MR) is 119 cm³/mol. The van der Waals surface area contributed by atoms with Gasteiger partial charge in [0.15, 0.2) is 5.13 Å². The maximum Gasteiger partial charge on any atom is 0.182 e. The number of aryl methyl sites for hydroxylation is 1. The van der Waals surface area contributed by atoms with E-state index in [0.29, 0.717) is 6.04 Å². The second kappa shape index (κ2) is 8.85. The third-order valence-electron chi connectivity index (χ3n) is 5.96. The van der Waals surface area contributed by atoms with Crippen molar-refractivity contribution >= 4 is 22.3 Å². The Morgan fingerprint density at radius 1 is 1.21 bits per heavy atom. The van der Waals surface area contributed by atoms with E-state index < -0.39 is 0 Å². The lowest BCUT2D eigenvalue weighted by Crippen LogP contribution is -2.44. The number of anilines is 2. The first-order valence-corrected chi connectivity index (χ1v) is 11.3. The lowest BCUT2D eigenvalue weighted by atomic mass is 10.2. The summed E-state index contributed by atoms with van der Waals surface area (Å²) in [5.74, 6) is 1.98. The fourth-order valence-electron chi connectivity index (χ4n) is 4.09. The fourth-order valence-corrected chi connectivity index (χ4v) is 4.88. The molecule has 2 aromatic rings. The van der Waals surface area contributed by atoms with E-state index in [0.717, 1.165) is 62.4 Å². The van der Waals surface area contributed by atoms with Gasteiger partial charge in [-0.3, -0.25) is 4.90 Å². The standard InChI is InChI=1S/C21H32N6OS/c1-15-9-20(26-7-5-25(4)6-8-26)23-12-19(15)28-17-10-16(2)27(13-17)14-18-11-24-21(22-3)29-18/h9,11-12,16-17H,5-8,10,13-14H2,1-4H3,(H,22,24). The number of nitrogens with one attached hydrogen (secondary N) is 1. The van der Waals surface area contributed by atoms with E-state index >= 15 is 0 Å². The number of thiazole rings is 1. The molecule has 0 spiro atoms. The molecule has 4 heterocycles. The van der Waals surface area contributed by atoms with Gasteiger partial charge in [-0.2, -0.15) is 0 Å². The Balaban J connectivity index is 1.35. The molecule has 2 aliphatic heterocycles. The lowest BCUT2D eigenvalue weighted by molar-refractivity contribution is 0.194. The van der Waals surface area contributed by atoms with Crippen LogP contribution in [0.2, 0.25) is 0 Å². The van der Waals surface area contributed by atoms with Crippen LogP contribution in [0.5, 0.6) is 5.75 Å². The number of pyridine rings is 1. The summed E-state index contributed by atoms with van der Waals surface area (Å²) in [5.41, 5.74) is 1.17. The molecule has 2 saturated heterocycles. The number of hydrogen-bond donors (Lipinski definition) is 1. The minimum absolute atomic E-state index is 0.205. The molecule has 7 nitrogen and oxygen atoms in total. The molecule has 29 heavy (non-hydrogen) atoms. The molecule has 4 rings (SSSR count). The van der Waals surface area contributed by atoms with Crippen LogP contribution in [0.15, 0.2) is 18.5 Å². The second-order valence-electron chi connectivity index (χ2n) is 8.23. The van der Waals surface area contributed by atoms with E-state index in [-0.39, 0.29) is 6.10 Å². The third kappa shape index (κ3) is 4.82. The minimum Gasteiger partial charge on any atom is -0.487 e. The Bertz CT molecular complexity index is 819. The maximum atomic E-state index is 6.37. The van der Waals surface area contributed by atoms with Crippen molar-refractivity contribution in [1.82, 2.24) is 19.8 Å². The number of likely N-dealkylation sites (tertiary alicyclic amines) is 1. The summed E-state index contributed by atoms with van der Waals surface area (Å²) in [6.07, 6.45) is 5.13. The van der Waals surface area contributed by atoms with Crippen molar-refractivity contribution in [2.75, 3.05) is 57.0 Å². The van der Waals surface area contributed by atoms with Crippen LogP contribution >= 0.6 is 11.3 Å². The quantitative estimate of drug-likeness (QED) is 0.777. The zero-order valence-electron chi connectivity index (χ0n) is 17.9. The molecule has 0 aromatic carbocycles. The summed E-state index contributed by atoms with van der Waals surface area (Å²) in [5, 5.41) is 4.09. The number of aromatic nitrogens is 2. The molecule has 2 aromatic heterocycles. The zero-order valence-corrected chi connectivity index (χ0v) is 18.7. The van der Waals surface area contributed by atoms with E-state index in [4.69, 9.17) is 9.72 Å². The summed E-state index contributed by atoms with van der Waals surface area (Å²) in [6.45, 7) is 10.5. The van der Waals surface area contributed by atoms with Crippen LogP contribution in [0.4, 0.5) is 10.9 Å². The Morgan fingerprint density at radius 3 is 2.69 bits per heavy atom. The predicted octanol–water partition coefficient (Wildman–Crippen LogP) is 2.68. The molecular weight excluding hydrogens is 384 g/mol. The van der Waals surface area contributed by atoms with E-state index in [1.807, 2.05) is 19.4 Å². The Morgan fingerprint density at radius 2 is 2.00 bits per heavy atom. The van der Waals surface area contributed by atoms with Crippen LogP contribution in [0.25, 0.3) is 0 Å². The molecule has 0 radical (unpaired) electrons. The van der Waals surface area contributed by atoms with Gasteiger partial charge in [-0.05, 0) is 32.5 Å². The number of nitrogens with zero attached hydrogens (tertiary/aromatic N) is 5. The number of hydrogen-bond acceptors (Lipinski definition) is 8. The Labute approximate surface area is 177 Å². The highest BCUT2D eigenvalue weighted by Gasteiger charge is 2.31. The minimum atomic E-state index is 0.205. The van der Waals surface area contributed by atoms with Gasteiger partial charge in [-0.25, -0.2) is 9.97 Å². The average molecular weight is 417 g/mol. The Hall–Kier alpha value is -1.90. The molecule has 0 aliphatic carbocycles. The van der Waals surface area contributed by atoms with Gasteiger partial charge < -0.3 is 19.9 Å². The average Bonchev–Trinajstić information content (AvgIpc) is 3.30. The van der Waals surface area contributed by atoms with Crippen molar-refractivity contribution in [3.05, 3.63) is 28.9 Å². The third-order valence-corrected chi connectivity index (χ3v) is 6.96. The van der Waals surface area contributed by atoms with Crippen molar-refractivity contribution in [2.24, 2.45) is 0 Å². The first kappa shape index (κ1) is 20.4. The van der Waals surface area contributed by atoms with E-state index in [2.05, 4.69) is 52.0 Å². The molecule has 1 N–H and O–H groups in total. The van der Waals surface area contributed by atoms with Gasteiger partial charge in [0.05, 0.1) is 6.20 Å². The van der Waals surface area contributed by atoms with Gasteiger partial charge in [0.2, 0.25) is 0 Å². The van der Waals surface area contributed by atoms with Crippen molar-refractivity contribution in [2.45, 2.75) is 39.0 Å². The van der Waals surface area contributed by atoms with Crippen molar-refractivity contribution < 1.29 is 4.74 Å². The first-order valence-electron chi connectivity index (χ1n) is 10.4. The largest absolute Gasteiger partial charge is 0.487 e. The van der Waals surface area contributed by atoms with E-state index in [1.165, 1.54) is 10.4 Å². The lowest BCUT2D eigenvalue weighted by Gasteiger charge is -2.33. The molecule has 0 saturated carbocycles. The first-order chi connectivity index (χ1) is 14.0. The molecular formula is C21H32N6OS. The number of rotatable bonds is 6. The van der Waals surface area contributed by atoms with Crippen LogP contribution in [0.1, 0.15) is 23.8 Å². The van der Waals surface area contributed by atoms with Crippen molar-refractivity contribution in [1.29, 1.82) is 0 Å². The van der Waals surface area contributed by atoms with E-state index in [1.54, 1.807) is 11.3 Å². The molecule has 8 heteroatoms. The fraction of sp³-hybridized carbons (Fsp3) is 0.619. The van der Waals surface area contributed by atoms with Gasteiger partial charge in [0.1, 0.15) is 17.7 Å². The van der Waals surface area contributed by atoms with Gasteiger partial charge in [-0.1, -0.05) is 0 Å². The summed E-state index contributed by atoms with van der Waals surface area (Å²) in [6, 6.07) is 2.67. The molecule has 0 amide bonds. The van der Waals surface area contributed by atoms with Crippen LogP contribution in [-0.2, 0) is 6.54 Å². The van der Waals surface area contributed by atoms with Crippen LogP contribution in [-0.4, -0.2) is 78.7 Å². The van der Waals surface area contributed by atoms with E-state index in [9.17, 15) is 0 Å². The summed E-state index contributed by atoms with van der Waals surface area (Å²) in [7, 11) is 4.09. The summed E-state index contributed by atoms with van der Waals surface area (Å²) < 4.78 is 6.37. The molecule has 2 aliphatic rings. The van der Waals surface area contributed by atoms with Crippen LogP contribution in [0.3, 0.4) is 0 Å². The van der Waals surface area contributed by atoms with Crippen LogP contribution < -0.4 is 15.0 Å². The van der Waals surface area contributed by atoms with Gasteiger partial charge >= 0.3 is 0 Å². The van der Waals surface area contributed by atoms with Gasteiger partial charge in [0, 0.05) is 69.9 Å². The van der Waals surface area contributed by atoms with Gasteiger partial charge in [-0.15, -0.1) is 11.3 Å². The highest BCUT2D eigenvalue weighted by molar-refractivity contribution is 7.15. The molecule has 2 atom stereocenters. The number of piperazine rings is 1. The highest BCUT2D eigenvalue weighted by Crippen LogP contribution is 2.29. The summed E-state index contributed by atoms with van der Waals surface area (Å²) in [4.78, 5) is 17.6. The van der Waals surface area contributed by atoms with Crippen molar-refractivity contribution in [3.8, 4) is 5.75 Å². The van der Waals surface area contributed by atoms with Gasteiger partial charge in [0.25, 0.3) is 0 Å². The number of likely N-dealkylation sites (N-methyl/N-ethyl adjacent to an activating group) is 1. The SMILES string of the molecule is CNc1ncc(CN2CC(Oc3cnc(N4CCN(C)CC4)cc3C)CC2C)s1. The topological polar surface area (TPSA) is 56.8 Å². The molecule has 2 fully saturated rings. The Kier molecular flexibility index (Phi) is 6.22. The molecule has 158 valence electrons. The highest BCUT2D eigenvalue weighted by atomic mass is 32.1. The molecule has 0 bridgehead atoms. The monoisotopic (exact) mass is 416 g/mol. The number of ether oxygens (including phenoxy) is 1. The maximum absolute atomic E-state index is 6.37. The van der Waals surface area contributed by atoms with Crippen LogP contribution in [0, 0.1) is 6.92 Å². The second-order valence-corrected chi connectivity index (χ2v) is 9.35.